The molecule has 1 aromatic rings. The van der Waals surface area contributed by atoms with E-state index in [4.69, 9.17) is 4.74 Å². The molecule has 2 atom stereocenters. The van der Waals surface area contributed by atoms with Gasteiger partial charge in [-0.3, -0.25) is 4.90 Å². The molecule has 1 saturated heterocycles. The zero-order chi connectivity index (χ0) is 13.9. The van der Waals surface area contributed by atoms with E-state index in [-0.39, 0.29) is 5.54 Å². The minimum atomic E-state index is -0.420. The highest BCUT2D eigenvalue weighted by Gasteiger charge is 2.38. The lowest BCUT2D eigenvalue weighted by molar-refractivity contribution is -0.0720. The van der Waals surface area contributed by atoms with Crippen LogP contribution in [0.25, 0.3) is 0 Å². The van der Waals surface area contributed by atoms with Crippen molar-refractivity contribution in [1.82, 2.24) is 14.5 Å². The lowest BCUT2D eigenvalue weighted by Crippen LogP contribution is -2.58. The molecular weight excluding hydrogens is 242 g/mol. The maximum Gasteiger partial charge on any atom is 0.111 e. The van der Waals surface area contributed by atoms with Gasteiger partial charge < -0.3 is 14.4 Å². The van der Waals surface area contributed by atoms with Crippen LogP contribution in [-0.2, 0) is 18.2 Å². The standard InChI is InChI=1S/C14H25N3O2/c1-4-14(2,17-7-9-19-10-8-17)12(18)11-13-15-5-6-16(13)3/h5-6,12,18H,4,7-11H2,1-3H3. The Hall–Kier alpha value is -0.910. The van der Waals surface area contributed by atoms with Gasteiger partial charge in [-0.05, 0) is 13.3 Å². The van der Waals surface area contributed by atoms with Crippen LogP contribution < -0.4 is 0 Å². The number of hydrogen-bond donors (Lipinski definition) is 1. The number of nitrogens with zero attached hydrogens (tertiary/aromatic N) is 3. The van der Waals surface area contributed by atoms with E-state index in [9.17, 15) is 5.11 Å². The summed E-state index contributed by atoms with van der Waals surface area (Å²) in [5, 5.41) is 10.7. The molecule has 0 spiro atoms. The van der Waals surface area contributed by atoms with Crippen LogP contribution in [0, 0.1) is 0 Å². The number of aromatic nitrogens is 2. The van der Waals surface area contributed by atoms with E-state index in [1.54, 1.807) is 6.20 Å². The second-order valence-corrected chi connectivity index (χ2v) is 5.48. The van der Waals surface area contributed by atoms with Crippen LogP contribution in [0.4, 0.5) is 0 Å². The zero-order valence-corrected chi connectivity index (χ0v) is 12.2. The third-order valence-corrected chi connectivity index (χ3v) is 4.46. The largest absolute Gasteiger partial charge is 0.391 e. The SMILES string of the molecule is CCC(C)(C(O)Cc1nccn1C)N1CCOCC1. The normalized spacial score (nSPS) is 22.1. The Morgan fingerprint density at radius 2 is 2.16 bits per heavy atom. The highest BCUT2D eigenvalue weighted by Crippen LogP contribution is 2.26. The van der Waals surface area contributed by atoms with Gasteiger partial charge in [-0.1, -0.05) is 6.92 Å². The summed E-state index contributed by atoms with van der Waals surface area (Å²) >= 11 is 0. The quantitative estimate of drug-likeness (QED) is 0.858. The number of ether oxygens (including phenoxy) is 1. The lowest BCUT2D eigenvalue weighted by Gasteiger charge is -2.45. The molecule has 1 aliphatic rings. The molecule has 2 unspecified atom stereocenters. The number of aliphatic hydroxyl groups excluding tert-OH is 1. The Kier molecular flexibility index (Phi) is 4.60. The van der Waals surface area contributed by atoms with Crippen LogP contribution in [0.5, 0.6) is 0 Å². The van der Waals surface area contributed by atoms with Crippen LogP contribution in [0.15, 0.2) is 12.4 Å². The summed E-state index contributed by atoms with van der Waals surface area (Å²) in [6.07, 6.45) is 4.78. The van der Waals surface area contributed by atoms with E-state index < -0.39 is 6.10 Å². The summed E-state index contributed by atoms with van der Waals surface area (Å²) in [4.78, 5) is 6.66. The molecule has 1 aromatic heterocycles. The summed E-state index contributed by atoms with van der Waals surface area (Å²) in [6, 6.07) is 0. The van der Waals surface area contributed by atoms with Crippen molar-refractivity contribution in [2.45, 2.75) is 38.3 Å². The fourth-order valence-corrected chi connectivity index (χ4v) is 2.73. The van der Waals surface area contributed by atoms with Crippen molar-refractivity contribution in [1.29, 1.82) is 0 Å². The van der Waals surface area contributed by atoms with Crippen LogP contribution >= 0.6 is 0 Å². The molecule has 0 radical (unpaired) electrons. The first-order valence-electron chi connectivity index (χ1n) is 7.05. The Morgan fingerprint density at radius 1 is 1.47 bits per heavy atom. The first-order chi connectivity index (χ1) is 9.08. The van der Waals surface area contributed by atoms with Crippen LogP contribution in [0.1, 0.15) is 26.1 Å². The van der Waals surface area contributed by atoms with Gasteiger partial charge in [0.2, 0.25) is 0 Å². The average molecular weight is 267 g/mol. The average Bonchev–Trinajstić information content (AvgIpc) is 2.84. The van der Waals surface area contributed by atoms with E-state index in [2.05, 4.69) is 23.7 Å². The summed E-state index contributed by atoms with van der Waals surface area (Å²) in [5.41, 5.74) is -0.213. The number of imidazole rings is 1. The van der Waals surface area contributed by atoms with Gasteiger partial charge >= 0.3 is 0 Å². The topological polar surface area (TPSA) is 50.5 Å². The van der Waals surface area contributed by atoms with Gasteiger partial charge in [-0.15, -0.1) is 0 Å². The minimum Gasteiger partial charge on any atom is -0.391 e. The van der Waals surface area contributed by atoms with Gasteiger partial charge in [0.25, 0.3) is 0 Å². The molecule has 0 saturated carbocycles. The van der Waals surface area contributed by atoms with Crippen molar-refractivity contribution in [2.75, 3.05) is 26.3 Å². The van der Waals surface area contributed by atoms with Crippen LogP contribution in [0.3, 0.4) is 0 Å². The first-order valence-corrected chi connectivity index (χ1v) is 7.05. The molecule has 5 nitrogen and oxygen atoms in total. The van der Waals surface area contributed by atoms with Crippen molar-refractivity contribution in [3.8, 4) is 0 Å². The van der Waals surface area contributed by atoms with Crippen molar-refractivity contribution in [2.24, 2.45) is 7.05 Å². The molecule has 0 bridgehead atoms. The Bertz CT molecular complexity index is 401. The number of rotatable bonds is 5. The Morgan fingerprint density at radius 3 is 2.68 bits per heavy atom. The molecule has 19 heavy (non-hydrogen) atoms. The fraction of sp³-hybridized carbons (Fsp3) is 0.786. The Labute approximate surface area is 115 Å². The van der Waals surface area contributed by atoms with Gasteiger partial charge in [0.15, 0.2) is 0 Å². The molecule has 2 rings (SSSR count). The molecule has 1 fully saturated rings. The molecule has 1 aliphatic heterocycles. The zero-order valence-electron chi connectivity index (χ0n) is 12.2. The second kappa shape index (κ2) is 6.03. The molecule has 0 amide bonds. The first kappa shape index (κ1) is 14.5. The highest BCUT2D eigenvalue weighted by atomic mass is 16.5. The van der Waals surface area contributed by atoms with E-state index >= 15 is 0 Å². The van der Waals surface area contributed by atoms with Crippen LogP contribution in [0.2, 0.25) is 0 Å². The lowest BCUT2D eigenvalue weighted by atomic mass is 9.87. The monoisotopic (exact) mass is 267 g/mol. The summed E-state index contributed by atoms with van der Waals surface area (Å²) < 4.78 is 7.38. The van der Waals surface area contributed by atoms with Gasteiger partial charge in [0.05, 0.1) is 19.3 Å². The molecule has 0 aromatic carbocycles. The third-order valence-electron chi connectivity index (χ3n) is 4.46. The number of morpholine rings is 1. The van der Waals surface area contributed by atoms with Gasteiger partial charge in [0, 0.05) is 44.5 Å². The van der Waals surface area contributed by atoms with E-state index in [1.165, 1.54) is 0 Å². The van der Waals surface area contributed by atoms with Gasteiger partial charge in [-0.25, -0.2) is 4.98 Å². The summed E-state index contributed by atoms with van der Waals surface area (Å²) in [5.74, 6) is 0.931. The Balaban J connectivity index is 2.08. The maximum absolute atomic E-state index is 10.7. The highest BCUT2D eigenvalue weighted by molar-refractivity contribution is 5.00. The third kappa shape index (κ3) is 2.99. The number of aliphatic hydroxyl groups is 1. The van der Waals surface area contributed by atoms with E-state index in [0.717, 1.165) is 38.5 Å². The number of aryl methyl sites for hydroxylation is 1. The summed E-state index contributed by atoms with van der Waals surface area (Å²) in [6.45, 7) is 7.57. The summed E-state index contributed by atoms with van der Waals surface area (Å²) in [7, 11) is 1.97. The second-order valence-electron chi connectivity index (χ2n) is 5.48. The van der Waals surface area contributed by atoms with Crippen molar-refractivity contribution >= 4 is 0 Å². The predicted molar refractivity (Wildman–Crippen MR) is 74.0 cm³/mol. The van der Waals surface area contributed by atoms with Gasteiger partial charge in [-0.2, -0.15) is 0 Å². The smallest absolute Gasteiger partial charge is 0.111 e. The number of hydrogen-bond acceptors (Lipinski definition) is 4. The minimum absolute atomic E-state index is 0.213. The van der Waals surface area contributed by atoms with E-state index in [0.29, 0.717) is 6.42 Å². The molecular formula is C14H25N3O2. The molecule has 5 heteroatoms. The molecule has 0 aliphatic carbocycles. The molecule has 1 N–H and O–H groups in total. The van der Waals surface area contributed by atoms with Crippen molar-refractivity contribution < 1.29 is 9.84 Å². The fourth-order valence-electron chi connectivity index (χ4n) is 2.73. The van der Waals surface area contributed by atoms with Gasteiger partial charge in [0.1, 0.15) is 5.82 Å². The maximum atomic E-state index is 10.7. The predicted octanol–water partition coefficient (Wildman–Crippen LogP) is 0.824. The van der Waals surface area contributed by atoms with Crippen LogP contribution in [-0.4, -0.2) is 57.5 Å². The molecule has 2 heterocycles. The molecule has 108 valence electrons. The van der Waals surface area contributed by atoms with E-state index in [1.807, 2.05) is 17.8 Å². The van der Waals surface area contributed by atoms with Crippen molar-refractivity contribution in [3.05, 3.63) is 18.2 Å². The van der Waals surface area contributed by atoms with Crippen molar-refractivity contribution in [3.63, 3.8) is 0 Å².